The van der Waals surface area contributed by atoms with Gasteiger partial charge in [0.15, 0.2) is 0 Å². The summed E-state index contributed by atoms with van der Waals surface area (Å²) in [5.74, 6) is -1.91. The van der Waals surface area contributed by atoms with Gasteiger partial charge in [-0.2, -0.15) is 13.2 Å². The summed E-state index contributed by atoms with van der Waals surface area (Å²) in [6, 6.07) is 6.59. The van der Waals surface area contributed by atoms with Crippen LogP contribution in [-0.2, 0) is 34.1 Å². The maximum absolute atomic E-state index is 13.9. The maximum atomic E-state index is 13.9. The Balaban J connectivity index is 1.73. The van der Waals surface area contributed by atoms with Gasteiger partial charge in [0.25, 0.3) is 5.60 Å². The van der Waals surface area contributed by atoms with E-state index in [4.69, 9.17) is 18.9 Å². The maximum Gasteiger partial charge on any atom is 0.432 e. The highest BCUT2D eigenvalue weighted by Gasteiger charge is 2.64. The van der Waals surface area contributed by atoms with Gasteiger partial charge in [-0.15, -0.1) is 0 Å². The molecule has 0 aliphatic carbocycles. The molecule has 29 heavy (non-hydrogen) atoms. The highest BCUT2D eigenvalue weighted by Crippen LogP contribution is 2.43. The lowest BCUT2D eigenvalue weighted by atomic mass is 9.92. The minimum Gasteiger partial charge on any atom is -0.459 e. The fourth-order valence-corrected chi connectivity index (χ4v) is 3.45. The van der Waals surface area contributed by atoms with Crippen LogP contribution >= 0.6 is 0 Å². The number of ether oxygens (including phenoxy) is 4. The van der Waals surface area contributed by atoms with Crippen LogP contribution < -0.4 is 0 Å². The van der Waals surface area contributed by atoms with Crippen molar-refractivity contribution in [1.82, 2.24) is 0 Å². The van der Waals surface area contributed by atoms with Crippen molar-refractivity contribution in [2.45, 2.75) is 56.0 Å². The first kappa shape index (κ1) is 21.3. The molecular formula is C20H21F3O6. The van der Waals surface area contributed by atoms with Gasteiger partial charge in [0, 0.05) is 19.1 Å². The molecule has 1 saturated heterocycles. The van der Waals surface area contributed by atoms with Crippen molar-refractivity contribution in [2.24, 2.45) is 0 Å². The lowest BCUT2D eigenvalue weighted by molar-refractivity contribution is -0.279. The Kier molecular flexibility index (Phi) is 6.00. The number of hydrogen-bond acceptors (Lipinski definition) is 6. The van der Waals surface area contributed by atoms with E-state index in [-0.39, 0.29) is 18.0 Å². The predicted molar refractivity (Wildman–Crippen MR) is 93.7 cm³/mol. The van der Waals surface area contributed by atoms with Crippen molar-refractivity contribution in [1.29, 1.82) is 0 Å². The van der Waals surface area contributed by atoms with Crippen molar-refractivity contribution in [3.8, 4) is 0 Å². The van der Waals surface area contributed by atoms with Crippen LogP contribution in [0.5, 0.6) is 0 Å². The van der Waals surface area contributed by atoms with Gasteiger partial charge >= 0.3 is 18.1 Å². The first-order chi connectivity index (χ1) is 13.7. The SMILES string of the molecule is CO[C@@](C(=O)OC(C)[C@H]1C=C[C@@H]([C@@H]2CCC(=O)O2)O1)(c1ccccc1)C(F)(F)F. The second kappa shape index (κ2) is 8.16. The van der Waals surface area contributed by atoms with Gasteiger partial charge in [-0.3, -0.25) is 4.79 Å². The van der Waals surface area contributed by atoms with Gasteiger partial charge in [0.2, 0.25) is 0 Å². The average molecular weight is 414 g/mol. The molecule has 9 heteroatoms. The number of carbonyl (C=O) groups excluding carboxylic acids is 2. The van der Waals surface area contributed by atoms with E-state index in [1.54, 1.807) is 12.2 Å². The van der Waals surface area contributed by atoms with Crippen molar-refractivity contribution >= 4 is 11.9 Å². The number of halogens is 3. The molecule has 158 valence electrons. The third kappa shape index (κ3) is 4.02. The first-order valence-corrected chi connectivity index (χ1v) is 9.11. The fourth-order valence-electron chi connectivity index (χ4n) is 3.45. The summed E-state index contributed by atoms with van der Waals surface area (Å²) in [5, 5.41) is 0. The van der Waals surface area contributed by atoms with Crippen LogP contribution in [0.4, 0.5) is 13.2 Å². The molecule has 6 nitrogen and oxygen atoms in total. The van der Waals surface area contributed by atoms with Gasteiger partial charge in [0.1, 0.15) is 24.4 Å². The Labute approximate surface area is 165 Å². The van der Waals surface area contributed by atoms with Crippen molar-refractivity contribution < 1.29 is 41.7 Å². The molecule has 0 amide bonds. The van der Waals surface area contributed by atoms with Crippen molar-refractivity contribution in [2.75, 3.05) is 7.11 Å². The van der Waals surface area contributed by atoms with Gasteiger partial charge in [0.05, 0.1) is 0 Å². The van der Waals surface area contributed by atoms with E-state index in [0.717, 1.165) is 19.2 Å². The molecule has 0 aromatic heterocycles. The fraction of sp³-hybridized carbons (Fsp3) is 0.500. The Morgan fingerprint density at radius 2 is 1.90 bits per heavy atom. The molecule has 0 bridgehead atoms. The zero-order valence-electron chi connectivity index (χ0n) is 15.8. The zero-order chi connectivity index (χ0) is 21.2. The number of esters is 2. The Bertz CT molecular complexity index is 778. The predicted octanol–water partition coefficient (Wildman–Crippen LogP) is 3.05. The second-order valence-electron chi connectivity index (χ2n) is 6.88. The van der Waals surface area contributed by atoms with Crippen LogP contribution in [0.25, 0.3) is 0 Å². The Morgan fingerprint density at radius 3 is 2.45 bits per heavy atom. The highest BCUT2D eigenvalue weighted by molar-refractivity contribution is 5.83. The van der Waals surface area contributed by atoms with E-state index in [9.17, 15) is 22.8 Å². The Hall–Kier alpha value is -2.39. The topological polar surface area (TPSA) is 71.1 Å². The van der Waals surface area contributed by atoms with Crippen LogP contribution in [-0.4, -0.2) is 49.6 Å². The molecule has 0 radical (unpaired) electrons. The molecular weight excluding hydrogens is 393 g/mol. The summed E-state index contributed by atoms with van der Waals surface area (Å²) in [5.41, 5.74) is -3.64. The van der Waals surface area contributed by atoms with Crippen molar-refractivity contribution in [3.63, 3.8) is 0 Å². The van der Waals surface area contributed by atoms with Gasteiger partial charge in [-0.1, -0.05) is 42.5 Å². The third-order valence-corrected chi connectivity index (χ3v) is 5.02. The van der Waals surface area contributed by atoms with Crippen LogP contribution in [0.3, 0.4) is 0 Å². The molecule has 2 aliphatic heterocycles. The van der Waals surface area contributed by atoms with Crippen LogP contribution in [0, 0.1) is 0 Å². The summed E-state index contributed by atoms with van der Waals surface area (Å²) in [4.78, 5) is 23.9. The first-order valence-electron chi connectivity index (χ1n) is 9.11. The van der Waals surface area contributed by atoms with Crippen molar-refractivity contribution in [3.05, 3.63) is 48.0 Å². The smallest absolute Gasteiger partial charge is 0.432 e. The second-order valence-corrected chi connectivity index (χ2v) is 6.88. The van der Waals surface area contributed by atoms with E-state index in [1.165, 1.54) is 25.1 Å². The lowest BCUT2D eigenvalue weighted by Gasteiger charge is -2.34. The third-order valence-electron chi connectivity index (χ3n) is 5.02. The van der Waals surface area contributed by atoms with Crippen LogP contribution in [0.1, 0.15) is 25.3 Å². The van der Waals surface area contributed by atoms with Gasteiger partial charge in [-0.25, -0.2) is 4.79 Å². The number of benzene rings is 1. The number of cyclic esters (lactones) is 1. The number of alkyl halides is 3. The minimum absolute atomic E-state index is 0.284. The molecule has 0 saturated carbocycles. The molecule has 2 aliphatic rings. The normalized spacial score (nSPS) is 27.3. The molecule has 2 heterocycles. The van der Waals surface area contributed by atoms with E-state index in [0.29, 0.717) is 6.42 Å². The molecule has 1 aromatic rings. The highest BCUT2D eigenvalue weighted by atomic mass is 19.4. The quantitative estimate of drug-likeness (QED) is 0.526. The summed E-state index contributed by atoms with van der Waals surface area (Å²) >= 11 is 0. The largest absolute Gasteiger partial charge is 0.459 e. The minimum atomic E-state index is -5.05. The summed E-state index contributed by atoms with van der Waals surface area (Å²) in [6.45, 7) is 1.43. The summed E-state index contributed by atoms with van der Waals surface area (Å²) in [6.07, 6.45) is -3.82. The number of hydrogen-bond donors (Lipinski definition) is 0. The molecule has 0 spiro atoms. The van der Waals surface area contributed by atoms with Crippen LogP contribution in [0.15, 0.2) is 42.5 Å². The Morgan fingerprint density at radius 1 is 1.21 bits per heavy atom. The number of methoxy groups -OCH3 is 1. The number of carbonyl (C=O) groups is 2. The lowest BCUT2D eigenvalue weighted by Crippen LogP contribution is -2.53. The zero-order valence-corrected chi connectivity index (χ0v) is 15.8. The van der Waals surface area contributed by atoms with E-state index < -0.39 is 42.2 Å². The molecule has 5 atom stereocenters. The summed E-state index contributed by atoms with van der Waals surface area (Å²) in [7, 11) is 0.808. The van der Waals surface area contributed by atoms with Crippen LogP contribution in [0.2, 0.25) is 0 Å². The monoisotopic (exact) mass is 414 g/mol. The number of rotatable bonds is 6. The average Bonchev–Trinajstić information content (AvgIpc) is 3.31. The summed E-state index contributed by atoms with van der Waals surface area (Å²) < 4.78 is 62.5. The standard InChI is InChI=1S/C20H21F3O6/c1-12(14-8-9-15(28-14)16-10-11-17(24)29-16)27-18(25)19(26-2,20(21,22)23)13-6-4-3-5-7-13/h3-9,12,14-16H,10-11H2,1-2H3/t12?,14-,15+,16+,19-/m1/s1. The molecule has 0 N–H and O–H groups in total. The molecule has 1 unspecified atom stereocenters. The van der Waals surface area contributed by atoms with E-state index in [2.05, 4.69) is 0 Å². The molecule has 3 rings (SSSR count). The van der Waals surface area contributed by atoms with E-state index in [1.807, 2.05) is 0 Å². The van der Waals surface area contributed by atoms with Gasteiger partial charge < -0.3 is 18.9 Å². The van der Waals surface area contributed by atoms with Gasteiger partial charge in [-0.05, 0) is 13.3 Å². The molecule has 1 fully saturated rings. The molecule has 1 aromatic carbocycles. The van der Waals surface area contributed by atoms with E-state index >= 15 is 0 Å².